The summed E-state index contributed by atoms with van der Waals surface area (Å²) in [4.78, 5) is 23.9. The summed E-state index contributed by atoms with van der Waals surface area (Å²) in [5.41, 5.74) is 4.32. The molecule has 0 saturated carbocycles. The molecule has 164 valence electrons. The molecule has 0 aliphatic rings. The number of rotatable bonds is 14. The zero-order valence-electron chi connectivity index (χ0n) is 19.6. The number of nitrogens with zero attached hydrogens (tertiary/aromatic N) is 1. The van der Waals surface area contributed by atoms with Crippen molar-refractivity contribution in [1.29, 1.82) is 0 Å². The number of anilines is 1. The maximum atomic E-state index is 13.2. The van der Waals surface area contributed by atoms with E-state index >= 15 is 0 Å². The zero-order valence-corrected chi connectivity index (χ0v) is 21.6. The van der Waals surface area contributed by atoms with Gasteiger partial charge in [0.25, 0.3) is 0 Å². The Bertz CT molecular complexity index is 845. The second-order valence-corrected chi connectivity index (χ2v) is 7.89. The number of hydrogen-bond donors (Lipinski definition) is 1. The van der Waals surface area contributed by atoms with E-state index in [-0.39, 0.29) is 41.8 Å². The number of carbonyl (C=O) groups is 2. The van der Waals surface area contributed by atoms with Gasteiger partial charge in [0.15, 0.2) is 5.78 Å². The molecule has 0 fully saturated rings. The Kier molecular flexibility index (Phi) is 12.8. The number of aromatic nitrogens is 1. The molecule has 0 bridgehead atoms. The molecule has 0 amide bonds. The number of carboxylic acids is 1. The van der Waals surface area contributed by atoms with Gasteiger partial charge >= 0.3 is 29.6 Å². The molecular weight excluding hydrogens is 399 g/mol. The molecule has 2 rings (SSSR count). The van der Waals surface area contributed by atoms with Crippen molar-refractivity contribution < 1.29 is 44.3 Å². The summed E-state index contributed by atoms with van der Waals surface area (Å²) in [5, 5.41) is 14.1. The number of ketones is 1. The largest absolute Gasteiger partial charge is 1.00 e. The van der Waals surface area contributed by atoms with Gasteiger partial charge in [0.2, 0.25) is 0 Å². The SMILES string of the molecule is CCCCCCCNc1cccc(C(=O)c2cc(CCCC(=O)[O-])n(C)c2CC)c1.[Na+]. The van der Waals surface area contributed by atoms with Crippen LogP contribution in [0.25, 0.3) is 0 Å². The first-order valence-corrected chi connectivity index (χ1v) is 11.2. The van der Waals surface area contributed by atoms with Crippen LogP contribution in [0.3, 0.4) is 0 Å². The van der Waals surface area contributed by atoms with Gasteiger partial charge < -0.3 is 19.8 Å². The van der Waals surface area contributed by atoms with E-state index in [1.54, 1.807) is 0 Å². The van der Waals surface area contributed by atoms with Crippen LogP contribution in [0.4, 0.5) is 5.69 Å². The number of aryl methyl sites for hydroxylation is 1. The molecule has 5 nitrogen and oxygen atoms in total. The molecule has 0 aliphatic heterocycles. The van der Waals surface area contributed by atoms with Gasteiger partial charge in [-0.15, -0.1) is 0 Å². The van der Waals surface area contributed by atoms with Crippen LogP contribution in [0.15, 0.2) is 30.3 Å². The van der Waals surface area contributed by atoms with Gasteiger partial charge in [-0.25, -0.2) is 0 Å². The standard InChI is InChI=1S/C25H36N2O3.Na/c1-4-6-7-8-9-16-26-20-13-10-12-19(17-20)25(30)22-18-21(14-11-15-24(28)29)27(3)23(22)5-2;/h10,12-13,17-18,26H,4-9,11,14-16H2,1-3H3,(H,28,29);/q;+1/p-1. The fourth-order valence-corrected chi connectivity index (χ4v) is 3.87. The van der Waals surface area contributed by atoms with Crippen molar-refractivity contribution in [3.63, 3.8) is 0 Å². The maximum absolute atomic E-state index is 13.2. The number of hydrogen-bond acceptors (Lipinski definition) is 4. The Balaban J connectivity index is 0.00000480. The number of aliphatic carboxylic acids is 1. The summed E-state index contributed by atoms with van der Waals surface area (Å²) in [6.45, 7) is 5.16. The van der Waals surface area contributed by atoms with Crippen molar-refractivity contribution in [2.75, 3.05) is 11.9 Å². The second-order valence-electron chi connectivity index (χ2n) is 7.89. The van der Waals surface area contributed by atoms with Crippen LogP contribution in [-0.4, -0.2) is 22.9 Å². The van der Waals surface area contributed by atoms with Gasteiger partial charge in [-0.05, 0) is 50.3 Å². The first-order valence-electron chi connectivity index (χ1n) is 11.2. The molecule has 2 aromatic rings. The molecule has 0 atom stereocenters. The summed E-state index contributed by atoms with van der Waals surface area (Å²) >= 11 is 0. The molecule has 0 saturated heterocycles. The Hall–Kier alpha value is -1.56. The molecule has 31 heavy (non-hydrogen) atoms. The molecule has 1 N–H and O–H groups in total. The molecule has 1 aromatic carbocycles. The van der Waals surface area contributed by atoms with E-state index in [0.29, 0.717) is 24.0 Å². The summed E-state index contributed by atoms with van der Waals surface area (Å²) in [6.07, 6.45) is 8.06. The zero-order chi connectivity index (χ0) is 21.9. The van der Waals surface area contributed by atoms with Crippen molar-refractivity contribution in [1.82, 2.24) is 4.57 Å². The minimum absolute atomic E-state index is 0. The first-order chi connectivity index (χ1) is 14.5. The van der Waals surface area contributed by atoms with Gasteiger partial charge in [-0.3, -0.25) is 4.79 Å². The van der Waals surface area contributed by atoms with E-state index in [9.17, 15) is 14.7 Å². The van der Waals surface area contributed by atoms with Gasteiger partial charge in [0, 0.05) is 47.8 Å². The van der Waals surface area contributed by atoms with Crippen molar-refractivity contribution >= 4 is 17.4 Å². The molecule has 0 aliphatic carbocycles. The van der Waals surface area contributed by atoms with Gasteiger partial charge in [0.1, 0.15) is 0 Å². The Morgan fingerprint density at radius 3 is 2.45 bits per heavy atom. The quantitative estimate of drug-likeness (QED) is 0.276. The molecule has 0 unspecified atom stereocenters. The van der Waals surface area contributed by atoms with Crippen molar-refractivity contribution in [3.8, 4) is 0 Å². The number of carboxylic acid groups (broad SMARTS) is 1. The molecule has 0 radical (unpaired) electrons. The van der Waals surface area contributed by atoms with Gasteiger partial charge in [-0.2, -0.15) is 0 Å². The summed E-state index contributed by atoms with van der Waals surface area (Å²) < 4.78 is 2.03. The fourth-order valence-electron chi connectivity index (χ4n) is 3.87. The maximum Gasteiger partial charge on any atom is 1.00 e. The fraction of sp³-hybridized carbons (Fsp3) is 0.520. The van der Waals surface area contributed by atoms with E-state index in [0.717, 1.165) is 36.5 Å². The number of nitrogens with one attached hydrogen (secondary N) is 1. The molecule has 1 aromatic heterocycles. The van der Waals surface area contributed by atoms with Gasteiger partial charge in [-0.1, -0.05) is 51.7 Å². The van der Waals surface area contributed by atoms with Crippen LogP contribution in [0.5, 0.6) is 0 Å². The van der Waals surface area contributed by atoms with E-state index in [4.69, 9.17) is 0 Å². The van der Waals surface area contributed by atoms with Gasteiger partial charge in [0.05, 0.1) is 0 Å². The van der Waals surface area contributed by atoms with Crippen LogP contribution in [0, 0.1) is 0 Å². The first kappa shape index (κ1) is 27.5. The normalized spacial score (nSPS) is 10.5. The van der Waals surface area contributed by atoms with E-state index in [1.165, 1.54) is 25.7 Å². The smallest absolute Gasteiger partial charge is 0.550 e. The molecule has 1 heterocycles. The average molecular weight is 435 g/mol. The van der Waals surface area contributed by atoms with E-state index in [2.05, 4.69) is 12.2 Å². The third-order valence-electron chi connectivity index (χ3n) is 5.59. The minimum atomic E-state index is -1.04. The molecule has 0 spiro atoms. The van der Waals surface area contributed by atoms with Crippen molar-refractivity contribution in [3.05, 3.63) is 52.8 Å². The second kappa shape index (κ2) is 14.5. The average Bonchev–Trinajstić information content (AvgIpc) is 3.05. The Labute approximate surface area is 208 Å². The third-order valence-corrected chi connectivity index (χ3v) is 5.59. The van der Waals surface area contributed by atoms with E-state index < -0.39 is 5.97 Å². The van der Waals surface area contributed by atoms with Crippen molar-refractivity contribution in [2.24, 2.45) is 7.05 Å². The number of benzene rings is 1. The topological polar surface area (TPSA) is 74.2 Å². The minimum Gasteiger partial charge on any atom is -0.550 e. The predicted octanol–water partition coefficient (Wildman–Crippen LogP) is 1.28. The summed E-state index contributed by atoms with van der Waals surface area (Å²) in [7, 11) is 1.94. The van der Waals surface area contributed by atoms with Crippen molar-refractivity contribution in [2.45, 2.75) is 71.6 Å². The molecular formula is C25H35N2NaO3. The Morgan fingerprint density at radius 1 is 1.03 bits per heavy atom. The van der Waals surface area contributed by atoms with Crippen LogP contribution < -0.4 is 40.0 Å². The van der Waals surface area contributed by atoms with Crippen LogP contribution in [0.2, 0.25) is 0 Å². The third kappa shape index (κ3) is 8.47. The summed E-state index contributed by atoms with van der Waals surface area (Å²) in [5.74, 6) is -1.02. The Morgan fingerprint density at radius 2 is 1.77 bits per heavy atom. The van der Waals surface area contributed by atoms with Crippen LogP contribution in [0.1, 0.15) is 86.1 Å². The monoisotopic (exact) mass is 434 g/mol. The van der Waals surface area contributed by atoms with Crippen LogP contribution >= 0.6 is 0 Å². The summed E-state index contributed by atoms with van der Waals surface area (Å²) in [6, 6.07) is 9.62. The predicted molar refractivity (Wildman–Crippen MR) is 120 cm³/mol. The number of carbonyl (C=O) groups excluding carboxylic acids is 2. The van der Waals surface area contributed by atoms with E-state index in [1.807, 2.05) is 48.9 Å². The number of unbranched alkanes of at least 4 members (excludes halogenated alkanes) is 4. The molecule has 6 heteroatoms. The van der Waals surface area contributed by atoms with Crippen LogP contribution in [-0.2, 0) is 24.7 Å².